The van der Waals surface area contributed by atoms with Gasteiger partial charge in [-0.05, 0) is 6.07 Å². The van der Waals surface area contributed by atoms with Gasteiger partial charge in [-0.2, -0.15) is 0 Å². The smallest absolute Gasteiger partial charge is 0.341 e. The molecule has 1 aromatic heterocycles. The average Bonchev–Trinajstić information content (AvgIpc) is 2.93. The van der Waals surface area contributed by atoms with E-state index in [1.54, 1.807) is 0 Å². The van der Waals surface area contributed by atoms with Crippen LogP contribution < -0.4 is 5.32 Å². The van der Waals surface area contributed by atoms with E-state index in [9.17, 15) is 9.18 Å². The normalized spacial score (nSPS) is 22.7. The fraction of sp³-hybridized carbons (Fsp3) is 0.400. The Morgan fingerprint density at radius 3 is 3.00 bits per heavy atom. The number of hydrogen-bond acceptors (Lipinski definition) is 4. The number of ether oxygens (including phenoxy) is 1. The van der Waals surface area contributed by atoms with Gasteiger partial charge >= 0.3 is 5.97 Å². The number of alkyl halides is 1. The van der Waals surface area contributed by atoms with Gasteiger partial charge in [0.2, 0.25) is 0 Å². The summed E-state index contributed by atoms with van der Waals surface area (Å²) in [6, 6.07) is 1.24. The van der Waals surface area contributed by atoms with Gasteiger partial charge in [0.15, 0.2) is 0 Å². The van der Waals surface area contributed by atoms with Gasteiger partial charge in [-0.25, -0.2) is 14.2 Å². The van der Waals surface area contributed by atoms with Crippen molar-refractivity contribution < 1.29 is 13.9 Å². The monoisotopic (exact) mass is 244 g/mol. The minimum Gasteiger partial charge on any atom is -0.465 e. The summed E-state index contributed by atoms with van der Waals surface area (Å²) in [4.78, 5) is 15.2. The number of hydrogen-bond donors (Lipinski definition) is 1. The number of halogens is 2. The van der Waals surface area contributed by atoms with Crippen LogP contribution in [0.5, 0.6) is 0 Å². The number of nitrogens with one attached hydrogen (secondary N) is 1. The van der Waals surface area contributed by atoms with Crippen LogP contribution in [0.15, 0.2) is 12.3 Å². The maximum atomic E-state index is 12.7. The lowest BCUT2D eigenvalue weighted by Gasteiger charge is -2.09. The quantitative estimate of drug-likeness (QED) is 0.653. The van der Waals surface area contributed by atoms with E-state index >= 15 is 0 Å². The lowest BCUT2D eigenvalue weighted by Crippen LogP contribution is -2.11. The number of methoxy groups -OCH3 is 1. The number of aromatic nitrogens is 1. The van der Waals surface area contributed by atoms with E-state index in [0.717, 1.165) is 0 Å². The highest BCUT2D eigenvalue weighted by molar-refractivity contribution is 6.29. The van der Waals surface area contributed by atoms with Crippen molar-refractivity contribution in [2.45, 2.75) is 18.6 Å². The molecule has 0 aliphatic heterocycles. The lowest BCUT2D eigenvalue weighted by atomic mass is 10.2. The van der Waals surface area contributed by atoms with Gasteiger partial charge in [0, 0.05) is 12.6 Å². The average molecular weight is 245 g/mol. The molecule has 0 amide bonds. The fourth-order valence-corrected chi connectivity index (χ4v) is 1.49. The van der Waals surface area contributed by atoms with Crippen molar-refractivity contribution in [2.75, 3.05) is 12.4 Å². The summed E-state index contributed by atoms with van der Waals surface area (Å²) in [5, 5.41) is 3.13. The molecule has 1 fully saturated rings. The number of rotatable bonds is 3. The number of esters is 1. The third-order valence-electron chi connectivity index (χ3n) is 2.33. The molecule has 0 spiro atoms. The van der Waals surface area contributed by atoms with E-state index in [1.165, 1.54) is 19.4 Å². The molecular formula is C10H10ClFN2O2. The van der Waals surface area contributed by atoms with Crippen LogP contribution in [0.2, 0.25) is 5.15 Å². The molecule has 6 heteroatoms. The van der Waals surface area contributed by atoms with Crippen LogP contribution >= 0.6 is 11.6 Å². The minimum absolute atomic E-state index is 0.242. The van der Waals surface area contributed by atoms with Gasteiger partial charge in [-0.1, -0.05) is 11.6 Å². The van der Waals surface area contributed by atoms with Gasteiger partial charge in [0.1, 0.15) is 16.9 Å². The van der Waals surface area contributed by atoms with Crippen molar-refractivity contribution >= 4 is 23.3 Å². The molecule has 1 aromatic rings. The van der Waals surface area contributed by atoms with Crippen molar-refractivity contribution in [3.63, 3.8) is 0 Å². The second-order valence-electron chi connectivity index (χ2n) is 3.55. The Balaban J connectivity index is 2.25. The Kier molecular flexibility index (Phi) is 2.96. The summed E-state index contributed by atoms with van der Waals surface area (Å²) in [6.45, 7) is 0. The Morgan fingerprint density at radius 2 is 2.44 bits per heavy atom. The number of carbonyl (C=O) groups is 1. The van der Waals surface area contributed by atoms with E-state index in [0.29, 0.717) is 12.1 Å². The molecule has 1 aliphatic rings. The summed E-state index contributed by atoms with van der Waals surface area (Å²) in [6.07, 6.45) is 0.893. The second kappa shape index (κ2) is 4.25. The molecule has 0 aromatic carbocycles. The zero-order valence-corrected chi connectivity index (χ0v) is 9.29. The highest BCUT2D eigenvalue weighted by Gasteiger charge is 2.38. The fourth-order valence-electron chi connectivity index (χ4n) is 1.34. The molecule has 2 rings (SSSR count). The van der Waals surface area contributed by atoms with Crippen LogP contribution in [0.25, 0.3) is 0 Å². The third kappa shape index (κ3) is 2.24. The van der Waals surface area contributed by atoms with E-state index in [2.05, 4.69) is 15.0 Å². The first-order valence-corrected chi connectivity index (χ1v) is 5.14. The topological polar surface area (TPSA) is 51.2 Å². The summed E-state index contributed by atoms with van der Waals surface area (Å²) in [5.74, 6) is -0.525. The van der Waals surface area contributed by atoms with Gasteiger partial charge < -0.3 is 10.1 Å². The molecule has 1 heterocycles. The zero-order chi connectivity index (χ0) is 11.7. The maximum Gasteiger partial charge on any atom is 0.341 e. The Bertz CT molecular complexity index is 427. The molecule has 4 nitrogen and oxygen atoms in total. The SMILES string of the molecule is COC(=O)c1cnc(Cl)cc1N[C@@H]1C[C@@H]1F. The summed E-state index contributed by atoms with van der Waals surface area (Å²) in [5.41, 5.74) is 0.711. The molecular weight excluding hydrogens is 235 g/mol. The lowest BCUT2D eigenvalue weighted by molar-refractivity contribution is 0.0601. The second-order valence-corrected chi connectivity index (χ2v) is 3.93. The molecule has 2 atom stereocenters. The molecule has 0 radical (unpaired) electrons. The Labute approximate surface area is 96.8 Å². The maximum absolute atomic E-state index is 12.7. The molecule has 16 heavy (non-hydrogen) atoms. The Hall–Kier alpha value is -1.36. The standard InChI is InChI=1S/C10H10ClFN2O2/c1-16-10(15)5-4-13-9(11)3-7(5)14-8-2-6(8)12/h3-4,6,8H,2H2,1H3,(H,13,14)/t6-,8+/m0/s1. The van der Waals surface area contributed by atoms with Gasteiger partial charge in [0.25, 0.3) is 0 Å². The van der Waals surface area contributed by atoms with Gasteiger partial charge in [-0.3, -0.25) is 0 Å². The largest absolute Gasteiger partial charge is 0.465 e. The first-order valence-electron chi connectivity index (χ1n) is 4.76. The number of carbonyl (C=O) groups excluding carboxylic acids is 1. The van der Waals surface area contributed by atoms with E-state index in [1.807, 2.05) is 0 Å². The van der Waals surface area contributed by atoms with Crippen LogP contribution in [-0.2, 0) is 4.74 Å². The summed E-state index contributed by atoms with van der Waals surface area (Å²) >= 11 is 5.71. The van der Waals surface area contributed by atoms with Crippen LogP contribution in [0.4, 0.5) is 10.1 Å². The van der Waals surface area contributed by atoms with Crippen molar-refractivity contribution in [3.8, 4) is 0 Å². The van der Waals surface area contributed by atoms with Crippen molar-refractivity contribution in [1.82, 2.24) is 4.98 Å². The van der Waals surface area contributed by atoms with Gasteiger partial charge in [-0.15, -0.1) is 0 Å². The molecule has 86 valence electrons. The first-order chi connectivity index (χ1) is 7.61. The molecule has 1 saturated carbocycles. The summed E-state index contributed by atoms with van der Waals surface area (Å²) in [7, 11) is 1.27. The zero-order valence-electron chi connectivity index (χ0n) is 8.54. The van der Waals surface area contributed by atoms with Crippen LogP contribution in [0.1, 0.15) is 16.8 Å². The first kappa shape index (κ1) is 11.1. The highest BCUT2D eigenvalue weighted by atomic mass is 35.5. The van der Waals surface area contributed by atoms with Crippen LogP contribution in [-0.4, -0.2) is 30.3 Å². The minimum atomic E-state index is -0.863. The predicted molar refractivity (Wildman–Crippen MR) is 57.5 cm³/mol. The number of pyridine rings is 1. The van der Waals surface area contributed by atoms with Gasteiger partial charge in [0.05, 0.1) is 18.8 Å². The van der Waals surface area contributed by atoms with Crippen molar-refractivity contribution in [1.29, 1.82) is 0 Å². The van der Waals surface area contributed by atoms with Crippen LogP contribution in [0.3, 0.4) is 0 Å². The van der Waals surface area contributed by atoms with Crippen molar-refractivity contribution in [3.05, 3.63) is 23.0 Å². The molecule has 1 N–H and O–H groups in total. The van der Waals surface area contributed by atoms with E-state index < -0.39 is 12.1 Å². The van der Waals surface area contributed by atoms with E-state index in [-0.39, 0.29) is 16.8 Å². The van der Waals surface area contributed by atoms with Crippen molar-refractivity contribution in [2.24, 2.45) is 0 Å². The third-order valence-corrected chi connectivity index (χ3v) is 2.54. The molecule has 0 bridgehead atoms. The molecule has 0 saturated heterocycles. The summed E-state index contributed by atoms with van der Waals surface area (Å²) < 4.78 is 17.3. The van der Waals surface area contributed by atoms with Crippen LogP contribution in [0, 0.1) is 0 Å². The molecule has 0 unspecified atom stereocenters. The number of anilines is 1. The van der Waals surface area contributed by atoms with E-state index in [4.69, 9.17) is 11.6 Å². The Morgan fingerprint density at radius 1 is 1.75 bits per heavy atom. The highest BCUT2D eigenvalue weighted by Crippen LogP contribution is 2.31. The predicted octanol–water partition coefficient (Wildman–Crippen LogP) is 2.04. The number of nitrogens with zero attached hydrogens (tertiary/aromatic N) is 1. The molecule has 1 aliphatic carbocycles.